The summed E-state index contributed by atoms with van der Waals surface area (Å²) in [5.41, 5.74) is 6.24. The number of sulfone groups is 1. The van der Waals surface area contributed by atoms with Crippen LogP contribution in [0, 0.1) is 6.92 Å². The highest BCUT2D eigenvalue weighted by molar-refractivity contribution is 7.91. The van der Waals surface area contributed by atoms with Crippen LogP contribution in [0.1, 0.15) is 5.56 Å². The molecule has 0 radical (unpaired) electrons. The Bertz CT molecular complexity index is 526. The minimum atomic E-state index is -4.83. The van der Waals surface area contributed by atoms with Gasteiger partial charge in [0, 0.05) is 5.69 Å². The first-order chi connectivity index (χ1) is 8.12. The van der Waals surface area contributed by atoms with Gasteiger partial charge in [0.25, 0.3) is 0 Å². The zero-order valence-corrected chi connectivity index (χ0v) is 10.3. The molecular formula is C10H12F3NO3S. The Morgan fingerprint density at radius 1 is 1.33 bits per heavy atom. The molecule has 0 saturated carbocycles. The van der Waals surface area contributed by atoms with Crippen LogP contribution in [0.3, 0.4) is 0 Å². The molecule has 0 spiro atoms. The predicted molar refractivity (Wildman–Crippen MR) is 59.7 cm³/mol. The third kappa shape index (κ3) is 4.19. The summed E-state index contributed by atoms with van der Waals surface area (Å²) in [5.74, 6) is -0.739. The molecule has 0 amide bonds. The van der Waals surface area contributed by atoms with Gasteiger partial charge in [-0.3, -0.25) is 4.74 Å². The summed E-state index contributed by atoms with van der Waals surface area (Å²) >= 11 is 0. The fourth-order valence-electron chi connectivity index (χ4n) is 1.40. The zero-order valence-electron chi connectivity index (χ0n) is 9.49. The second-order valence-corrected chi connectivity index (χ2v) is 5.72. The van der Waals surface area contributed by atoms with Crippen LogP contribution in [0.15, 0.2) is 23.1 Å². The number of nitrogens with two attached hydrogens (primary N) is 1. The molecule has 0 fully saturated rings. The van der Waals surface area contributed by atoms with E-state index in [-0.39, 0.29) is 4.90 Å². The first-order valence-corrected chi connectivity index (χ1v) is 6.56. The van der Waals surface area contributed by atoms with Crippen molar-refractivity contribution in [3.8, 4) is 0 Å². The molecule has 0 unspecified atom stereocenters. The van der Waals surface area contributed by atoms with Gasteiger partial charge in [-0.15, -0.1) is 13.2 Å². The van der Waals surface area contributed by atoms with Gasteiger partial charge in [0.15, 0.2) is 9.84 Å². The van der Waals surface area contributed by atoms with Crippen LogP contribution >= 0.6 is 0 Å². The van der Waals surface area contributed by atoms with Gasteiger partial charge >= 0.3 is 6.36 Å². The van der Waals surface area contributed by atoms with Crippen molar-refractivity contribution in [3.63, 3.8) is 0 Å². The summed E-state index contributed by atoms with van der Waals surface area (Å²) in [5, 5.41) is 0. The minimum absolute atomic E-state index is 0.0394. The molecule has 1 rings (SSSR count). The number of nitrogen functional groups attached to an aromatic ring is 1. The second kappa shape index (κ2) is 5.15. The summed E-state index contributed by atoms with van der Waals surface area (Å²) in [4.78, 5) is -0.0394. The fourth-order valence-corrected chi connectivity index (χ4v) is 2.75. The second-order valence-electron chi connectivity index (χ2n) is 3.64. The number of hydrogen-bond acceptors (Lipinski definition) is 4. The van der Waals surface area contributed by atoms with Crippen LogP contribution < -0.4 is 5.73 Å². The van der Waals surface area contributed by atoms with Crippen LogP contribution in [0.2, 0.25) is 0 Å². The van der Waals surface area contributed by atoms with E-state index in [1.165, 1.54) is 25.1 Å². The first kappa shape index (κ1) is 14.8. The van der Waals surface area contributed by atoms with Crippen molar-refractivity contribution in [2.45, 2.75) is 18.2 Å². The van der Waals surface area contributed by atoms with Crippen molar-refractivity contribution < 1.29 is 26.3 Å². The number of anilines is 1. The van der Waals surface area contributed by atoms with E-state index in [1.807, 2.05) is 0 Å². The van der Waals surface area contributed by atoms with E-state index in [9.17, 15) is 21.6 Å². The Kier molecular flexibility index (Phi) is 4.23. The molecule has 4 nitrogen and oxygen atoms in total. The molecular weight excluding hydrogens is 271 g/mol. The van der Waals surface area contributed by atoms with Crippen molar-refractivity contribution in [2.24, 2.45) is 0 Å². The number of benzene rings is 1. The third-order valence-corrected chi connectivity index (χ3v) is 3.98. The SMILES string of the molecule is Cc1cc(N)ccc1S(=O)(=O)CCOC(F)(F)F. The van der Waals surface area contributed by atoms with Crippen LogP contribution in [0.4, 0.5) is 18.9 Å². The van der Waals surface area contributed by atoms with Gasteiger partial charge in [-0.05, 0) is 30.7 Å². The summed E-state index contributed by atoms with van der Waals surface area (Å²) < 4.78 is 62.2. The summed E-state index contributed by atoms with van der Waals surface area (Å²) in [6, 6.07) is 4.09. The van der Waals surface area contributed by atoms with Gasteiger partial charge in [0.2, 0.25) is 0 Å². The van der Waals surface area contributed by atoms with E-state index < -0.39 is 28.6 Å². The predicted octanol–water partition coefficient (Wildman–Crippen LogP) is 1.89. The molecule has 1 aromatic carbocycles. The molecule has 1 aromatic rings. The highest BCUT2D eigenvalue weighted by atomic mass is 32.2. The lowest BCUT2D eigenvalue weighted by Gasteiger charge is -2.10. The number of ether oxygens (including phenoxy) is 1. The first-order valence-electron chi connectivity index (χ1n) is 4.91. The van der Waals surface area contributed by atoms with Crippen LogP contribution in [0.5, 0.6) is 0 Å². The Morgan fingerprint density at radius 3 is 2.44 bits per heavy atom. The number of hydrogen-bond donors (Lipinski definition) is 1. The van der Waals surface area contributed by atoms with Crippen molar-refractivity contribution in [3.05, 3.63) is 23.8 Å². The van der Waals surface area contributed by atoms with Crippen molar-refractivity contribution in [1.29, 1.82) is 0 Å². The van der Waals surface area contributed by atoms with Gasteiger partial charge < -0.3 is 5.73 Å². The summed E-state index contributed by atoms with van der Waals surface area (Å²) in [6.07, 6.45) is -4.83. The van der Waals surface area contributed by atoms with E-state index >= 15 is 0 Å². The molecule has 0 aliphatic heterocycles. The Balaban J connectivity index is 2.81. The summed E-state index contributed by atoms with van der Waals surface area (Å²) in [7, 11) is -3.81. The average Bonchev–Trinajstić information content (AvgIpc) is 2.13. The minimum Gasteiger partial charge on any atom is -0.399 e. The topological polar surface area (TPSA) is 69.4 Å². The maximum absolute atomic E-state index is 11.8. The number of rotatable bonds is 4. The Hall–Kier alpha value is -1.28. The number of halogens is 3. The van der Waals surface area contributed by atoms with E-state index in [0.29, 0.717) is 11.3 Å². The van der Waals surface area contributed by atoms with Crippen LogP contribution in [-0.2, 0) is 14.6 Å². The molecule has 0 bridgehead atoms. The highest BCUT2D eigenvalue weighted by Gasteiger charge is 2.30. The van der Waals surface area contributed by atoms with Crippen molar-refractivity contribution in [1.82, 2.24) is 0 Å². The molecule has 0 saturated heterocycles. The van der Waals surface area contributed by atoms with Gasteiger partial charge in [0.1, 0.15) is 0 Å². The van der Waals surface area contributed by atoms with E-state index in [4.69, 9.17) is 5.73 Å². The molecule has 0 atom stereocenters. The maximum atomic E-state index is 11.8. The largest absolute Gasteiger partial charge is 0.522 e. The molecule has 102 valence electrons. The normalized spacial score (nSPS) is 12.7. The lowest BCUT2D eigenvalue weighted by atomic mass is 10.2. The van der Waals surface area contributed by atoms with Gasteiger partial charge in [-0.25, -0.2) is 8.42 Å². The Labute approximate surface area is 102 Å². The van der Waals surface area contributed by atoms with Gasteiger partial charge in [-0.1, -0.05) is 0 Å². The summed E-state index contributed by atoms with van der Waals surface area (Å²) in [6.45, 7) is 0.587. The maximum Gasteiger partial charge on any atom is 0.522 e. The zero-order chi connectivity index (χ0) is 14.0. The smallest absolute Gasteiger partial charge is 0.399 e. The lowest BCUT2D eigenvalue weighted by Crippen LogP contribution is -2.20. The molecule has 0 aliphatic rings. The molecule has 2 N–H and O–H groups in total. The lowest BCUT2D eigenvalue weighted by molar-refractivity contribution is -0.322. The average molecular weight is 283 g/mol. The highest BCUT2D eigenvalue weighted by Crippen LogP contribution is 2.21. The molecule has 8 heteroatoms. The standard InChI is InChI=1S/C10H12F3NO3S/c1-7-6-8(14)2-3-9(7)18(15,16)5-4-17-10(11,12)13/h2-3,6H,4-5,14H2,1H3. The van der Waals surface area contributed by atoms with E-state index in [1.54, 1.807) is 0 Å². The molecule has 0 heterocycles. The van der Waals surface area contributed by atoms with Crippen LogP contribution in [0.25, 0.3) is 0 Å². The number of alkyl halides is 3. The van der Waals surface area contributed by atoms with Crippen molar-refractivity contribution >= 4 is 15.5 Å². The fraction of sp³-hybridized carbons (Fsp3) is 0.400. The molecule has 0 aliphatic carbocycles. The van der Waals surface area contributed by atoms with Crippen LogP contribution in [-0.4, -0.2) is 27.1 Å². The van der Waals surface area contributed by atoms with Gasteiger partial charge in [-0.2, -0.15) is 0 Å². The third-order valence-electron chi connectivity index (χ3n) is 2.15. The van der Waals surface area contributed by atoms with Gasteiger partial charge in [0.05, 0.1) is 17.3 Å². The van der Waals surface area contributed by atoms with Crippen molar-refractivity contribution in [2.75, 3.05) is 18.1 Å². The van der Waals surface area contributed by atoms with E-state index in [0.717, 1.165) is 0 Å². The molecule has 0 aromatic heterocycles. The number of aryl methyl sites for hydroxylation is 1. The monoisotopic (exact) mass is 283 g/mol. The Morgan fingerprint density at radius 2 is 1.94 bits per heavy atom. The van der Waals surface area contributed by atoms with E-state index in [2.05, 4.69) is 4.74 Å². The molecule has 18 heavy (non-hydrogen) atoms. The quantitative estimate of drug-likeness (QED) is 0.857.